The molecule has 1 aromatic rings. The maximum Gasteiger partial charge on any atom is 0.319 e. The van der Waals surface area contributed by atoms with Gasteiger partial charge < -0.3 is 4.74 Å². The van der Waals surface area contributed by atoms with Gasteiger partial charge in [0.2, 0.25) is 0 Å². The summed E-state index contributed by atoms with van der Waals surface area (Å²) in [5.41, 5.74) is -2.52. The second-order valence-corrected chi connectivity index (χ2v) is 7.93. The zero-order valence-electron chi connectivity index (χ0n) is 16.3. The Balaban J connectivity index is 3.53. The molecular weight excluding hydrogens is 356 g/mol. The van der Waals surface area contributed by atoms with E-state index in [1.165, 1.54) is 32.9 Å². The SMILES string of the molecule is CCC(=O)OC(=O)C(C)(C)Cc1c([N+](=O)[O-])cc(C(C)(C)C)cc1[N+](=O)[O-]. The molecule has 0 bridgehead atoms. The quantitative estimate of drug-likeness (QED) is 0.317. The number of hydrogen-bond donors (Lipinski definition) is 0. The van der Waals surface area contributed by atoms with Crippen LogP contribution in [0, 0.1) is 25.6 Å². The molecule has 0 unspecified atom stereocenters. The maximum atomic E-state index is 12.2. The van der Waals surface area contributed by atoms with Crippen molar-refractivity contribution in [2.45, 2.75) is 59.8 Å². The zero-order valence-corrected chi connectivity index (χ0v) is 16.3. The molecule has 0 spiro atoms. The molecule has 1 aromatic carbocycles. The van der Waals surface area contributed by atoms with Crippen LogP contribution in [0.15, 0.2) is 12.1 Å². The molecule has 0 aromatic heterocycles. The highest BCUT2D eigenvalue weighted by atomic mass is 16.6. The molecule has 148 valence electrons. The Morgan fingerprint density at radius 2 is 1.44 bits per heavy atom. The average Bonchev–Trinajstić information content (AvgIpc) is 2.52. The number of ether oxygens (including phenoxy) is 1. The van der Waals surface area contributed by atoms with Gasteiger partial charge in [0.05, 0.1) is 15.3 Å². The van der Waals surface area contributed by atoms with Crippen molar-refractivity contribution in [1.82, 2.24) is 0 Å². The largest absolute Gasteiger partial charge is 0.393 e. The summed E-state index contributed by atoms with van der Waals surface area (Å²) in [7, 11) is 0. The van der Waals surface area contributed by atoms with Crippen LogP contribution in [0.1, 0.15) is 59.1 Å². The number of benzene rings is 1. The lowest BCUT2D eigenvalue weighted by atomic mass is 9.81. The van der Waals surface area contributed by atoms with E-state index in [9.17, 15) is 29.8 Å². The van der Waals surface area contributed by atoms with Crippen molar-refractivity contribution < 1.29 is 24.2 Å². The van der Waals surface area contributed by atoms with Crippen molar-refractivity contribution in [3.8, 4) is 0 Å². The number of hydrogen-bond acceptors (Lipinski definition) is 7. The smallest absolute Gasteiger partial charge is 0.319 e. The molecule has 9 nitrogen and oxygen atoms in total. The summed E-state index contributed by atoms with van der Waals surface area (Å²) in [5.74, 6) is -1.63. The summed E-state index contributed by atoms with van der Waals surface area (Å²) in [6, 6.07) is 2.59. The van der Waals surface area contributed by atoms with Crippen molar-refractivity contribution in [2.75, 3.05) is 0 Å². The third-order valence-electron chi connectivity index (χ3n) is 4.13. The van der Waals surface area contributed by atoms with E-state index in [1.54, 1.807) is 20.8 Å². The molecule has 0 atom stereocenters. The van der Waals surface area contributed by atoms with E-state index >= 15 is 0 Å². The number of nitrogens with zero attached hydrogens (tertiary/aromatic N) is 2. The van der Waals surface area contributed by atoms with Gasteiger partial charge in [-0.2, -0.15) is 0 Å². The third-order valence-corrected chi connectivity index (χ3v) is 4.13. The van der Waals surface area contributed by atoms with Gasteiger partial charge in [-0.3, -0.25) is 29.8 Å². The lowest BCUT2D eigenvalue weighted by Crippen LogP contribution is -2.31. The van der Waals surface area contributed by atoms with Gasteiger partial charge in [0, 0.05) is 25.0 Å². The van der Waals surface area contributed by atoms with Crippen LogP contribution in [0.2, 0.25) is 0 Å². The van der Waals surface area contributed by atoms with Crippen LogP contribution in [-0.2, 0) is 26.2 Å². The van der Waals surface area contributed by atoms with Crippen molar-refractivity contribution in [3.05, 3.63) is 43.5 Å². The molecular formula is C18H24N2O7. The van der Waals surface area contributed by atoms with Gasteiger partial charge in [0.1, 0.15) is 5.56 Å². The lowest BCUT2D eigenvalue weighted by molar-refractivity contribution is -0.395. The van der Waals surface area contributed by atoms with E-state index in [0.29, 0.717) is 5.56 Å². The van der Waals surface area contributed by atoms with Gasteiger partial charge in [0.25, 0.3) is 11.4 Å². The first-order chi connectivity index (χ1) is 12.2. The zero-order chi connectivity index (χ0) is 21.2. The van der Waals surface area contributed by atoms with Crippen LogP contribution in [0.25, 0.3) is 0 Å². The molecule has 0 radical (unpaired) electrons. The normalized spacial score (nSPS) is 11.8. The van der Waals surface area contributed by atoms with Crippen LogP contribution < -0.4 is 0 Å². The second-order valence-electron chi connectivity index (χ2n) is 7.93. The Hall–Kier alpha value is -2.84. The van der Waals surface area contributed by atoms with E-state index < -0.39 is 44.0 Å². The van der Waals surface area contributed by atoms with Gasteiger partial charge in [-0.25, -0.2) is 0 Å². The summed E-state index contributed by atoms with van der Waals surface area (Å²) in [5, 5.41) is 23.1. The monoisotopic (exact) mass is 380 g/mol. The van der Waals surface area contributed by atoms with Gasteiger partial charge in [-0.15, -0.1) is 0 Å². The summed E-state index contributed by atoms with van der Waals surface area (Å²) < 4.78 is 4.70. The molecule has 0 aliphatic heterocycles. The number of carbonyl (C=O) groups is 2. The minimum absolute atomic E-state index is 0.0115. The molecule has 0 heterocycles. The number of rotatable bonds is 6. The van der Waals surface area contributed by atoms with Crippen molar-refractivity contribution in [2.24, 2.45) is 5.41 Å². The van der Waals surface area contributed by atoms with E-state index in [4.69, 9.17) is 4.74 Å². The molecule has 1 rings (SSSR count). The Labute approximate surface area is 157 Å². The van der Waals surface area contributed by atoms with Gasteiger partial charge >= 0.3 is 11.9 Å². The highest BCUT2D eigenvalue weighted by molar-refractivity contribution is 5.88. The Bertz CT molecular complexity index is 756. The van der Waals surface area contributed by atoms with Gasteiger partial charge in [0.15, 0.2) is 0 Å². The number of carbonyl (C=O) groups excluding carboxylic acids is 2. The molecule has 0 saturated heterocycles. The van der Waals surface area contributed by atoms with Gasteiger partial charge in [-0.05, 0) is 24.8 Å². The molecule has 0 fully saturated rings. The van der Waals surface area contributed by atoms with Crippen molar-refractivity contribution >= 4 is 23.3 Å². The molecule has 0 amide bonds. The molecule has 0 aliphatic rings. The maximum absolute atomic E-state index is 12.2. The molecule has 0 saturated carbocycles. The standard InChI is InChI=1S/C18H24N2O7/c1-7-15(21)27-16(22)18(5,6)10-12-13(19(23)24)8-11(17(2,3)4)9-14(12)20(25)26/h8-9H,7,10H2,1-6H3. The average molecular weight is 380 g/mol. The minimum atomic E-state index is -1.37. The first-order valence-electron chi connectivity index (χ1n) is 8.42. The van der Waals surface area contributed by atoms with Crippen molar-refractivity contribution in [3.63, 3.8) is 0 Å². The fourth-order valence-electron chi connectivity index (χ4n) is 2.41. The molecule has 27 heavy (non-hydrogen) atoms. The summed E-state index contributed by atoms with van der Waals surface area (Å²) >= 11 is 0. The predicted octanol–water partition coefficient (Wildman–Crippen LogP) is 3.85. The first-order valence-corrected chi connectivity index (χ1v) is 8.42. The molecule has 9 heteroatoms. The highest BCUT2D eigenvalue weighted by Gasteiger charge is 2.38. The Kier molecular flexibility index (Phi) is 6.42. The Morgan fingerprint density at radius 3 is 1.78 bits per heavy atom. The van der Waals surface area contributed by atoms with E-state index in [2.05, 4.69) is 0 Å². The predicted molar refractivity (Wildman–Crippen MR) is 97.3 cm³/mol. The van der Waals surface area contributed by atoms with Crippen LogP contribution in [0.5, 0.6) is 0 Å². The topological polar surface area (TPSA) is 130 Å². The third kappa shape index (κ3) is 5.32. The second kappa shape index (κ2) is 7.81. The number of nitro benzene ring substituents is 2. The highest BCUT2D eigenvalue weighted by Crippen LogP contribution is 2.39. The first kappa shape index (κ1) is 22.2. The minimum Gasteiger partial charge on any atom is -0.393 e. The van der Waals surface area contributed by atoms with E-state index in [-0.39, 0.29) is 18.4 Å². The van der Waals surface area contributed by atoms with E-state index in [1.807, 2.05) is 0 Å². The van der Waals surface area contributed by atoms with Crippen molar-refractivity contribution in [1.29, 1.82) is 0 Å². The van der Waals surface area contributed by atoms with Crippen LogP contribution in [0.4, 0.5) is 11.4 Å². The molecule has 0 N–H and O–H groups in total. The Morgan fingerprint density at radius 1 is 1.00 bits per heavy atom. The van der Waals surface area contributed by atoms with Crippen LogP contribution in [-0.4, -0.2) is 21.8 Å². The van der Waals surface area contributed by atoms with Crippen LogP contribution >= 0.6 is 0 Å². The van der Waals surface area contributed by atoms with Gasteiger partial charge in [-0.1, -0.05) is 27.7 Å². The summed E-state index contributed by atoms with van der Waals surface area (Å²) in [6.07, 6.45) is -0.331. The van der Waals surface area contributed by atoms with Crippen LogP contribution in [0.3, 0.4) is 0 Å². The fraction of sp³-hybridized carbons (Fsp3) is 0.556. The summed E-state index contributed by atoms with van der Waals surface area (Å²) in [6.45, 7) is 9.71. The molecule has 0 aliphatic carbocycles. The lowest BCUT2D eigenvalue weighted by Gasteiger charge is -2.23. The van der Waals surface area contributed by atoms with E-state index in [0.717, 1.165) is 0 Å². The summed E-state index contributed by atoms with van der Waals surface area (Å²) in [4.78, 5) is 45.4. The number of esters is 2. The fourth-order valence-corrected chi connectivity index (χ4v) is 2.41. The number of nitro groups is 2.